The van der Waals surface area contributed by atoms with E-state index in [4.69, 9.17) is 18.8 Å². The summed E-state index contributed by atoms with van der Waals surface area (Å²) in [5.41, 5.74) is 15.7. The lowest BCUT2D eigenvalue weighted by Crippen LogP contribution is -1.93. The average molecular weight is 791 g/mol. The third-order valence-corrected chi connectivity index (χ3v) is 12.5. The van der Waals surface area contributed by atoms with Gasteiger partial charge in [0.25, 0.3) is 0 Å². The van der Waals surface area contributed by atoms with Gasteiger partial charge in [-0.3, -0.25) is 4.98 Å². The van der Waals surface area contributed by atoms with Crippen LogP contribution in [0.3, 0.4) is 0 Å². The normalized spacial score (nSPS) is 11.9. The van der Waals surface area contributed by atoms with Gasteiger partial charge in [0.2, 0.25) is 0 Å². The van der Waals surface area contributed by atoms with E-state index in [-0.39, 0.29) is 0 Å². The Bertz CT molecular complexity index is 3830. The van der Waals surface area contributed by atoms with Crippen molar-refractivity contribution in [1.29, 1.82) is 0 Å². The predicted octanol–water partition coefficient (Wildman–Crippen LogP) is 16.1. The molecule has 0 bridgehead atoms. The van der Waals surface area contributed by atoms with Crippen LogP contribution in [0.4, 0.5) is 0 Å². The van der Waals surface area contributed by atoms with E-state index >= 15 is 0 Å². The molecular weight excluding hydrogens is 757 g/mol. The Balaban J connectivity index is 0.979. The number of benzene rings is 10. The lowest BCUT2D eigenvalue weighted by Gasteiger charge is -2.14. The summed E-state index contributed by atoms with van der Waals surface area (Å²) in [6.45, 7) is 0. The van der Waals surface area contributed by atoms with Crippen LogP contribution >= 0.6 is 0 Å². The second kappa shape index (κ2) is 13.6. The van der Waals surface area contributed by atoms with Crippen LogP contribution in [0.2, 0.25) is 0 Å². The van der Waals surface area contributed by atoms with Crippen LogP contribution in [0.5, 0.6) is 0 Å². The molecule has 288 valence electrons. The fraction of sp³-hybridized carbons (Fsp3) is 0. The zero-order chi connectivity index (χ0) is 40.7. The largest absolute Gasteiger partial charge is 0.455 e. The van der Waals surface area contributed by atoms with E-state index in [1.807, 2.05) is 30.5 Å². The van der Waals surface area contributed by atoms with Gasteiger partial charge in [-0.1, -0.05) is 158 Å². The number of hydrogen-bond acceptors (Lipinski definition) is 4. The van der Waals surface area contributed by atoms with E-state index in [0.717, 1.165) is 121 Å². The summed E-state index contributed by atoms with van der Waals surface area (Å²) in [5.74, 6) is 0. The first-order chi connectivity index (χ1) is 30.7. The van der Waals surface area contributed by atoms with E-state index < -0.39 is 0 Å². The molecule has 0 aliphatic heterocycles. The Labute approximate surface area is 356 Å². The molecule has 0 amide bonds. The van der Waals surface area contributed by atoms with Crippen molar-refractivity contribution in [1.82, 2.24) is 9.97 Å². The molecule has 10 aromatic carbocycles. The molecule has 62 heavy (non-hydrogen) atoms. The zero-order valence-electron chi connectivity index (χ0n) is 33.3. The molecule has 3 heterocycles. The molecule has 0 atom stereocenters. The lowest BCUT2D eigenvalue weighted by atomic mass is 9.93. The van der Waals surface area contributed by atoms with Gasteiger partial charge in [-0.2, -0.15) is 0 Å². The Kier molecular flexibility index (Phi) is 7.57. The number of furan rings is 2. The summed E-state index contributed by atoms with van der Waals surface area (Å²) in [6, 6.07) is 70.6. The van der Waals surface area contributed by atoms with Gasteiger partial charge in [0, 0.05) is 37.9 Å². The molecule has 0 fully saturated rings. The van der Waals surface area contributed by atoms with Crippen LogP contribution < -0.4 is 0 Å². The summed E-state index contributed by atoms with van der Waals surface area (Å²) in [7, 11) is 0. The van der Waals surface area contributed by atoms with E-state index in [9.17, 15) is 0 Å². The van der Waals surface area contributed by atoms with Crippen molar-refractivity contribution < 1.29 is 8.83 Å². The van der Waals surface area contributed by atoms with E-state index in [1.165, 1.54) is 11.1 Å². The van der Waals surface area contributed by atoms with Crippen molar-refractivity contribution in [2.45, 2.75) is 0 Å². The summed E-state index contributed by atoms with van der Waals surface area (Å²) in [5, 5.41) is 8.81. The fourth-order valence-electron chi connectivity index (χ4n) is 9.49. The van der Waals surface area contributed by atoms with Crippen LogP contribution in [-0.2, 0) is 0 Å². The highest BCUT2D eigenvalue weighted by atomic mass is 16.3. The van der Waals surface area contributed by atoms with E-state index in [2.05, 4.69) is 176 Å². The molecule has 0 unspecified atom stereocenters. The molecule has 0 aliphatic carbocycles. The number of fused-ring (bicyclic) bond motifs is 12. The van der Waals surface area contributed by atoms with Crippen molar-refractivity contribution in [3.05, 3.63) is 206 Å². The first kappa shape index (κ1) is 34.5. The van der Waals surface area contributed by atoms with Crippen molar-refractivity contribution in [3.8, 4) is 55.8 Å². The Morgan fingerprint density at radius 2 is 0.758 bits per heavy atom. The highest BCUT2D eigenvalue weighted by Gasteiger charge is 2.22. The first-order valence-corrected chi connectivity index (χ1v) is 21.0. The fourth-order valence-corrected chi connectivity index (χ4v) is 9.49. The average Bonchev–Trinajstić information content (AvgIpc) is 3.91. The van der Waals surface area contributed by atoms with Gasteiger partial charge in [0.1, 0.15) is 22.3 Å². The van der Waals surface area contributed by atoms with Crippen LogP contribution in [-0.4, -0.2) is 9.97 Å². The van der Waals surface area contributed by atoms with Crippen molar-refractivity contribution in [2.75, 3.05) is 0 Å². The topological polar surface area (TPSA) is 52.1 Å². The quantitative estimate of drug-likeness (QED) is 0.163. The molecule has 13 aromatic rings. The number of aromatic nitrogens is 2. The maximum absolute atomic E-state index is 6.64. The first-order valence-electron chi connectivity index (χ1n) is 21.0. The Hall–Kier alpha value is -8.34. The summed E-state index contributed by atoms with van der Waals surface area (Å²) in [6.07, 6.45) is 1.93. The lowest BCUT2D eigenvalue weighted by molar-refractivity contribution is 0.658. The SMILES string of the molecule is c1ccc(-c2ccc3c4ccc(-c5ccccc5)cc4c4nc(-c5cccc(-c6cccc(-c7c8oc9ccccc9c8cc8c7oc7ccccc78)c6)c5)cnc4c3c2)cc1. The maximum atomic E-state index is 6.64. The highest BCUT2D eigenvalue weighted by Crippen LogP contribution is 2.45. The number of rotatable bonds is 5. The Morgan fingerprint density at radius 3 is 1.35 bits per heavy atom. The number of hydrogen-bond donors (Lipinski definition) is 0. The second-order valence-corrected chi connectivity index (χ2v) is 16.1. The molecule has 13 rings (SSSR count). The zero-order valence-corrected chi connectivity index (χ0v) is 33.3. The molecule has 0 spiro atoms. The number of para-hydroxylation sites is 2. The summed E-state index contributed by atoms with van der Waals surface area (Å²) in [4.78, 5) is 10.7. The summed E-state index contributed by atoms with van der Waals surface area (Å²) >= 11 is 0. The predicted molar refractivity (Wildman–Crippen MR) is 256 cm³/mol. The van der Waals surface area contributed by atoms with Gasteiger partial charge in [-0.15, -0.1) is 0 Å². The van der Waals surface area contributed by atoms with Crippen LogP contribution in [0.1, 0.15) is 0 Å². The third-order valence-electron chi connectivity index (χ3n) is 12.5. The minimum atomic E-state index is 0.816. The highest BCUT2D eigenvalue weighted by molar-refractivity contribution is 6.25. The van der Waals surface area contributed by atoms with E-state index in [1.54, 1.807) is 0 Å². The van der Waals surface area contributed by atoms with Gasteiger partial charge in [0.15, 0.2) is 0 Å². The van der Waals surface area contributed by atoms with Gasteiger partial charge in [0.05, 0.1) is 28.5 Å². The molecule has 0 N–H and O–H groups in total. The summed E-state index contributed by atoms with van der Waals surface area (Å²) < 4.78 is 13.3. The molecule has 0 radical (unpaired) electrons. The molecule has 0 saturated heterocycles. The third kappa shape index (κ3) is 5.40. The maximum Gasteiger partial charge on any atom is 0.147 e. The van der Waals surface area contributed by atoms with Gasteiger partial charge in [-0.05, 0) is 92.2 Å². The molecule has 0 saturated carbocycles. The van der Waals surface area contributed by atoms with E-state index in [0.29, 0.717) is 0 Å². The molecule has 3 aromatic heterocycles. The minimum absolute atomic E-state index is 0.816. The monoisotopic (exact) mass is 790 g/mol. The van der Waals surface area contributed by atoms with Gasteiger partial charge < -0.3 is 8.83 Å². The minimum Gasteiger partial charge on any atom is -0.455 e. The van der Waals surface area contributed by atoms with Crippen LogP contribution in [0, 0.1) is 0 Å². The molecule has 4 heteroatoms. The van der Waals surface area contributed by atoms with Crippen LogP contribution in [0.25, 0.3) is 132 Å². The second-order valence-electron chi connectivity index (χ2n) is 16.1. The molecule has 0 aliphatic rings. The van der Waals surface area contributed by atoms with Gasteiger partial charge in [-0.25, -0.2) is 4.98 Å². The smallest absolute Gasteiger partial charge is 0.147 e. The molecular formula is C58H34N2O2. The van der Waals surface area contributed by atoms with Crippen molar-refractivity contribution >= 4 is 76.5 Å². The standard InChI is InChI=1S/C58H34N2O2/c1-3-13-35(14-4-1)39-25-27-43-44-28-26-40(36-15-5-2-6-16-36)32-48(44)56-55(47(43)31-39)59-34-51(60-56)41-19-11-17-37(29-41)38-18-12-20-42(30-38)54-57-49(45-21-7-9-23-52(45)61-57)33-50-46-22-8-10-24-53(46)62-58(50)54/h1-34H. The van der Waals surface area contributed by atoms with Crippen molar-refractivity contribution in [2.24, 2.45) is 0 Å². The Morgan fingerprint density at radius 1 is 0.290 bits per heavy atom. The van der Waals surface area contributed by atoms with Crippen LogP contribution in [0.15, 0.2) is 215 Å². The molecule has 4 nitrogen and oxygen atoms in total. The number of nitrogens with zero attached hydrogens (tertiary/aromatic N) is 2. The van der Waals surface area contributed by atoms with Crippen molar-refractivity contribution in [3.63, 3.8) is 0 Å². The van der Waals surface area contributed by atoms with Gasteiger partial charge >= 0.3 is 0 Å².